The summed E-state index contributed by atoms with van der Waals surface area (Å²) in [4.78, 5) is 1.04. The van der Waals surface area contributed by atoms with Crippen molar-refractivity contribution in [3.05, 3.63) is 18.2 Å². The molecule has 1 aromatic rings. The molecule has 0 fully saturated rings. The van der Waals surface area contributed by atoms with E-state index in [1.807, 2.05) is 6.07 Å². The molecule has 1 aromatic carbocycles. The van der Waals surface area contributed by atoms with E-state index in [9.17, 15) is 8.42 Å². The van der Waals surface area contributed by atoms with E-state index in [-0.39, 0.29) is 4.90 Å². The summed E-state index contributed by atoms with van der Waals surface area (Å²) in [5.74, 6) is 0.962. The Labute approximate surface area is 120 Å². The number of rotatable bonds is 7. The van der Waals surface area contributed by atoms with Gasteiger partial charge in [0.05, 0.1) is 5.69 Å². The summed E-state index contributed by atoms with van der Waals surface area (Å²) < 4.78 is 25.4. The standard InChI is InChI=1S/C13H22N2O2S2/c1-4-5-6-10-18-11-8-7-9-12(13(11)14)19(16,17)15(2)3/h7-9H,4-6,10,14H2,1-3H3. The van der Waals surface area contributed by atoms with Gasteiger partial charge < -0.3 is 5.73 Å². The van der Waals surface area contributed by atoms with Gasteiger partial charge in [-0.05, 0) is 24.3 Å². The third kappa shape index (κ3) is 4.12. The van der Waals surface area contributed by atoms with Crippen LogP contribution in [-0.2, 0) is 10.0 Å². The first-order valence-corrected chi connectivity index (χ1v) is 8.77. The average Bonchev–Trinajstić information content (AvgIpc) is 2.36. The fraction of sp³-hybridized carbons (Fsp3) is 0.538. The molecular weight excluding hydrogens is 280 g/mol. The Balaban J connectivity index is 2.93. The predicted molar refractivity (Wildman–Crippen MR) is 82.0 cm³/mol. The Morgan fingerprint density at radius 2 is 1.95 bits per heavy atom. The second-order valence-electron chi connectivity index (χ2n) is 4.51. The highest BCUT2D eigenvalue weighted by Crippen LogP contribution is 2.32. The van der Waals surface area contributed by atoms with Gasteiger partial charge in [-0.25, -0.2) is 12.7 Å². The zero-order valence-electron chi connectivity index (χ0n) is 11.7. The third-order valence-corrected chi connectivity index (χ3v) is 5.82. The van der Waals surface area contributed by atoms with Crippen LogP contribution in [0.4, 0.5) is 5.69 Å². The molecule has 108 valence electrons. The number of sulfonamides is 1. The van der Waals surface area contributed by atoms with E-state index in [4.69, 9.17) is 5.73 Å². The quantitative estimate of drug-likeness (QED) is 0.478. The first kappa shape index (κ1) is 16.3. The summed E-state index contributed by atoms with van der Waals surface area (Å²) in [5.41, 5.74) is 6.35. The molecule has 0 heterocycles. The van der Waals surface area contributed by atoms with E-state index < -0.39 is 10.0 Å². The number of unbranched alkanes of at least 4 members (excludes halogenated alkanes) is 2. The molecule has 0 aliphatic carbocycles. The number of nitrogens with zero attached hydrogens (tertiary/aromatic N) is 1. The van der Waals surface area contributed by atoms with E-state index in [2.05, 4.69) is 6.92 Å². The van der Waals surface area contributed by atoms with Crippen molar-refractivity contribution in [3.8, 4) is 0 Å². The van der Waals surface area contributed by atoms with Crippen LogP contribution in [0.3, 0.4) is 0 Å². The monoisotopic (exact) mass is 302 g/mol. The number of hydrogen-bond donors (Lipinski definition) is 1. The molecule has 0 spiro atoms. The van der Waals surface area contributed by atoms with Gasteiger partial charge in [-0.2, -0.15) is 0 Å². The van der Waals surface area contributed by atoms with Crippen molar-refractivity contribution in [2.45, 2.75) is 36.0 Å². The first-order valence-electron chi connectivity index (χ1n) is 6.35. The summed E-state index contributed by atoms with van der Waals surface area (Å²) in [5, 5.41) is 0. The maximum Gasteiger partial charge on any atom is 0.244 e. The number of nitrogens with two attached hydrogens (primary N) is 1. The second-order valence-corrected chi connectivity index (χ2v) is 7.77. The largest absolute Gasteiger partial charge is 0.397 e. The van der Waals surface area contributed by atoms with Crippen molar-refractivity contribution in [2.75, 3.05) is 25.6 Å². The molecule has 0 bridgehead atoms. The van der Waals surface area contributed by atoms with Crippen molar-refractivity contribution in [1.82, 2.24) is 4.31 Å². The van der Waals surface area contributed by atoms with E-state index in [0.717, 1.165) is 17.1 Å². The van der Waals surface area contributed by atoms with Crippen LogP contribution in [0, 0.1) is 0 Å². The molecule has 6 heteroatoms. The molecule has 4 nitrogen and oxygen atoms in total. The van der Waals surface area contributed by atoms with Crippen LogP contribution in [0.5, 0.6) is 0 Å². The molecule has 0 saturated heterocycles. The third-order valence-electron chi connectivity index (χ3n) is 2.79. The highest BCUT2D eigenvalue weighted by Gasteiger charge is 2.21. The van der Waals surface area contributed by atoms with Gasteiger partial charge in [-0.15, -0.1) is 11.8 Å². The van der Waals surface area contributed by atoms with Gasteiger partial charge in [0.1, 0.15) is 4.90 Å². The number of benzene rings is 1. The van der Waals surface area contributed by atoms with Crippen LogP contribution in [0.25, 0.3) is 0 Å². The Morgan fingerprint density at radius 1 is 1.26 bits per heavy atom. The van der Waals surface area contributed by atoms with E-state index >= 15 is 0 Å². The van der Waals surface area contributed by atoms with Crippen LogP contribution in [0.1, 0.15) is 26.2 Å². The lowest BCUT2D eigenvalue weighted by atomic mass is 10.3. The number of anilines is 1. The minimum Gasteiger partial charge on any atom is -0.397 e. The predicted octanol–water partition coefficient (Wildman–Crippen LogP) is 2.80. The summed E-state index contributed by atoms with van der Waals surface area (Å²) in [7, 11) is -0.451. The fourth-order valence-electron chi connectivity index (χ4n) is 1.61. The molecule has 0 unspecified atom stereocenters. The maximum absolute atomic E-state index is 12.1. The number of thioether (sulfide) groups is 1. The SMILES string of the molecule is CCCCCSc1cccc(S(=O)(=O)N(C)C)c1N. The fourth-order valence-corrected chi connectivity index (χ4v) is 3.71. The van der Waals surface area contributed by atoms with Gasteiger partial charge in [0.25, 0.3) is 0 Å². The molecule has 0 amide bonds. The van der Waals surface area contributed by atoms with Gasteiger partial charge in [0, 0.05) is 19.0 Å². The van der Waals surface area contributed by atoms with Crippen LogP contribution < -0.4 is 5.73 Å². The van der Waals surface area contributed by atoms with Gasteiger partial charge >= 0.3 is 0 Å². The number of nitrogen functional groups attached to an aromatic ring is 1. The van der Waals surface area contributed by atoms with Crippen LogP contribution in [0.15, 0.2) is 28.0 Å². The van der Waals surface area contributed by atoms with Crippen molar-refractivity contribution in [3.63, 3.8) is 0 Å². The van der Waals surface area contributed by atoms with E-state index in [1.165, 1.54) is 31.2 Å². The minimum atomic E-state index is -3.47. The summed E-state index contributed by atoms with van der Waals surface area (Å²) in [6.07, 6.45) is 3.47. The topological polar surface area (TPSA) is 63.4 Å². The van der Waals surface area contributed by atoms with Gasteiger partial charge in [0.15, 0.2) is 0 Å². The lowest BCUT2D eigenvalue weighted by Gasteiger charge is -2.15. The zero-order valence-corrected chi connectivity index (χ0v) is 13.4. The van der Waals surface area contributed by atoms with Crippen LogP contribution >= 0.6 is 11.8 Å². The van der Waals surface area contributed by atoms with Crippen molar-refractivity contribution >= 4 is 27.5 Å². The van der Waals surface area contributed by atoms with Crippen molar-refractivity contribution in [2.24, 2.45) is 0 Å². The molecule has 0 aliphatic rings. The number of para-hydroxylation sites is 1. The second kappa shape index (κ2) is 7.17. The highest BCUT2D eigenvalue weighted by molar-refractivity contribution is 7.99. The van der Waals surface area contributed by atoms with Crippen LogP contribution in [0.2, 0.25) is 0 Å². The molecular formula is C13H22N2O2S2. The lowest BCUT2D eigenvalue weighted by molar-refractivity contribution is 0.521. The van der Waals surface area contributed by atoms with Crippen molar-refractivity contribution in [1.29, 1.82) is 0 Å². The molecule has 19 heavy (non-hydrogen) atoms. The Bertz CT molecular complexity index is 513. The van der Waals surface area contributed by atoms with E-state index in [1.54, 1.807) is 23.9 Å². The lowest BCUT2D eigenvalue weighted by Crippen LogP contribution is -2.23. The average molecular weight is 302 g/mol. The van der Waals surface area contributed by atoms with Gasteiger partial charge in [0.2, 0.25) is 10.0 Å². The molecule has 0 aliphatic heterocycles. The molecule has 0 radical (unpaired) electrons. The minimum absolute atomic E-state index is 0.193. The summed E-state index contributed by atoms with van der Waals surface area (Å²) in [6.45, 7) is 2.16. The Kier molecular flexibility index (Phi) is 6.16. The molecule has 2 N–H and O–H groups in total. The summed E-state index contributed by atoms with van der Waals surface area (Å²) in [6, 6.07) is 5.18. The van der Waals surface area contributed by atoms with Crippen molar-refractivity contribution < 1.29 is 8.42 Å². The zero-order chi connectivity index (χ0) is 14.5. The maximum atomic E-state index is 12.1. The van der Waals surface area contributed by atoms with Gasteiger partial charge in [-0.3, -0.25) is 0 Å². The normalized spacial score (nSPS) is 12.0. The highest BCUT2D eigenvalue weighted by atomic mass is 32.2. The summed E-state index contributed by atoms with van der Waals surface area (Å²) >= 11 is 1.62. The number of hydrogen-bond acceptors (Lipinski definition) is 4. The first-order chi connectivity index (χ1) is 8.91. The van der Waals surface area contributed by atoms with E-state index in [0.29, 0.717) is 5.69 Å². The van der Waals surface area contributed by atoms with Crippen LogP contribution in [-0.4, -0.2) is 32.6 Å². The molecule has 1 rings (SSSR count). The van der Waals surface area contributed by atoms with Gasteiger partial charge in [-0.1, -0.05) is 25.8 Å². The molecule has 0 saturated carbocycles. The smallest absolute Gasteiger partial charge is 0.244 e. The molecule has 0 atom stereocenters. The Hall–Kier alpha value is -0.720. The Morgan fingerprint density at radius 3 is 2.53 bits per heavy atom. The molecule has 0 aromatic heterocycles.